The van der Waals surface area contributed by atoms with Gasteiger partial charge in [0.15, 0.2) is 0 Å². The van der Waals surface area contributed by atoms with E-state index < -0.39 is 0 Å². The fourth-order valence-electron chi connectivity index (χ4n) is 1.44. The third-order valence-electron chi connectivity index (χ3n) is 2.46. The zero-order valence-electron chi connectivity index (χ0n) is 8.74. The highest BCUT2D eigenvalue weighted by Crippen LogP contribution is 2.08. The third kappa shape index (κ3) is 2.03. The minimum absolute atomic E-state index is 0.304. The van der Waals surface area contributed by atoms with Crippen LogP contribution in [0.4, 0.5) is 4.39 Å². The van der Waals surface area contributed by atoms with Crippen LogP contribution in [-0.4, -0.2) is 14.5 Å². The van der Waals surface area contributed by atoms with Crippen LogP contribution < -0.4 is 0 Å². The van der Waals surface area contributed by atoms with Crippen molar-refractivity contribution in [1.82, 2.24) is 14.5 Å². The van der Waals surface area contributed by atoms with E-state index in [-0.39, 0.29) is 5.82 Å². The second kappa shape index (κ2) is 3.81. The van der Waals surface area contributed by atoms with Crippen LogP contribution in [0.3, 0.4) is 0 Å². The van der Waals surface area contributed by atoms with Crippen molar-refractivity contribution in [3.8, 4) is 0 Å². The normalized spacial score (nSPS) is 10.6. The van der Waals surface area contributed by atoms with Crippen LogP contribution in [0.15, 0.2) is 24.8 Å². The van der Waals surface area contributed by atoms with Gasteiger partial charge in [-0.3, -0.25) is 4.98 Å². The van der Waals surface area contributed by atoms with Gasteiger partial charge in [-0.15, -0.1) is 0 Å². The number of imidazole rings is 1. The number of aromatic nitrogens is 3. The van der Waals surface area contributed by atoms with Crippen molar-refractivity contribution in [2.45, 2.75) is 20.4 Å². The highest BCUT2D eigenvalue weighted by atomic mass is 19.1. The van der Waals surface area contributed by atoms with Crippen molar-refractivity contribution in [3.05, 3.63) is 47.6 Å². The molecule has 2 aromatic heterocycles. The van der Waals surface area contributed by atoms with Crippen molar-refractivity contribution < 1.29 is 4.39 Å². The van der Waals surface area contributed by atoms with Crippen LogP contribution in [0, 0.1) is 19.7 Å². The van der Waals surface area contributed by atoms with Gasteiger partial charge in [0.05, 0.1) is 24.8 Å². The molecule has 0 aromatic carbocycles. The Morgan fingerprint density at radius 1 is 1.33 bits per heavy atom. The molecule has 15 heavy (non-hydrogen) atoms. The number of hydrogen-bond acceptors (Lipinski definition) is 2. The fraction of sp³-hybridized carbons (Fsp3) is 0.273. The Morgan fingerprint density at radius 3 is 2.73 bits per heavy atom. The Kier molecular flexibility index (Phi) is 2.49. The SMILES string of the molecule is Cc1ncn(Cc2cncc(F)c2)c1C. The van der Waals surface area contributed by atoms with Crippen LogP contribution in [0.5, 0.6) is 0 Å². The second-order valence-electron chi connectivity index (χ2n) is 3.55. The number of hydrogen-bond donors (Lipinski definition) is 0. The van der Waals surface area contributed by atoms with E-state index >= 15 is 0 Å². The maximum absolute atomic E-state index is 12.9. The molecule has 0 aliphatic carbocycles. The van der Waals surface area contributed by atoms with Crippen molar-refractivity contribution in [3.63, 3.8) is 0 Å². The topological polar surface area (TPSA) is 30.7 Å². The summed E-state index contributed by atoms with van der Waals surface area (Å²) in [7, 11) is 0. The van der Waals surface area contributed by atoms with E-state index in [2.05, 4.69) is 9.97 Å². The summed E-state index contributed by atoms with van der Waals surface area (Å²) in [6.07, 6.45) is 4.63. The van der Waals surface area contributed by atoms with Gasteiger partial charge in [-0.1, -0.05) is 0 Å². The molecule has 2 rings (SSSR count). The second-order valence-corrected chi connectivity index (χ2v) is 3.55. The minimum Gasteiger partial charge on any atom is -0.330 e. The average molecular weight is 205 g/mol. The molecule has 3 nitrogen and oxygen atoms in total. The number of rotatable bonds is 2. The maximum atomic E-state index is 12.9. The first-order valence-electron chi connectivity index (χ1n) is 4.74. The quantitative estimate of drug-likeness (QED) is 0.751. The molecule has 2 aromatic rings. The predicted octanol–water partition coefficient (Wildman–Crippen LogP) is 2.08. The van der Waals surface area contributed by atoms with Crippen LogP contribution in [0.1, 0.15) is 17.0 Å². The standard InChI is InChI=1S/C11H12FN3/c1-8-9(2)15(7-14-8)6-10-3-11(12)5-13-4-10/h3-5,7H,6H2,1-2H3. The Labute approximate surface area is 87.6 Å². The van der Waals surface area contributed by atoms with Crippen molar-refractivity contribution in [2.24, 2.45) is 0 Å². The fourth-order valence-corrected chi connectivity index (χ4v) is 1.44. The first kappa shape index (κ1) is 9.83. The first-order valence-corrected chi connectivity index (χ1v) is 4.74. The smallest absolute Gasteiger partial charge is 0.141 e. The van der Waals surface area contributed by atoms with Gasteiger partial charge < -0.3 is 4.57 Å². The number of pyridine rings is 1. The molecule has 0 fully saturated rings. The van der Waals surface area contributed by atoms with Crippen LogP contribution in [-0.2, 0) is 6.54 Å². The van der Waals surface area contributed by atoms with Crippen molar-refractivity contribution >= 4 is 0 Å². The zero-order valence-corrected chi connectivity index (χ0v) is 8.74. The largest absolute Gasteiger partial charge is 0.330 e. The molecule has 0 aliphatic heterocycles. The summed E-state index contributed by atoms with van der Waals surface area (Å²) in [5.41, 5.74) is 2.94. The van der Waals surface area contributed by atoms with E-state index in [0.29, 0.717) is 6.54 Å². The van der Waals surface area contributed by atoms with Gasteiger partial charge in [0.1, 0.15) is 5.82 Å². The molecular formula is C11H12FN3. The molecule has 78 valence electrons. The summed E-state index contributed by atoms with van der Waals surface area (Å²) in [5.74, 6) is -0.304. The molecule has 0 aliphatic rings. The van der Waals surface area contributed by atoms with Gasteiger partial charge in [-0.2, -0.15) is 0 Å². The monoisotopic (exact) mass is 205 g/mol. The van der Waals surface area contributed by atoms with Crippen LogP contribution in [0.2, 0.25) is 0 Å². The molecule has 0 amide bonds. The van der Waals surface area contributed by atoms with Gasteiger partial charge >= 0.3 is 0 Å². The van der Waals surface area contributed by atoms with Crippen LogP contribution in [0.25, 0.3) is 0 Å². The number of halogens is 1. The first-order chi connectivity index (χ1) is 7.16. The van der Waals surface area contributed by atoms with Gasteiger partial charge in [0.2, 0.25) is 0 Å². The Morgan fingerprint density at radius 2 is 2.13 bits per heavy atom. The summed E-state index contributed by atoms with van der Waals surface area (Å²) in [4.78, 5) is 7.99. The lowest BCUT2D eigenvalue weighted by Gasteiger charge is -2.04. The molecule has 2 heterocycles. The minimum atomic E-state index is -0.304. The van der Waals surface area contributed by atoms with E-state index in [9.17, 15) is 4.39 Å². The molecule has 0 unspecified atom stereocenters. The highest BCUT2D eigenvalue weighted by Gasteiger charge is 2.03. The van der Waals surface area contributed by atoms with E-state index in [4.69, 9.17) is 0 Å². The maximum Gasteiger partial charge on any atom is 0.141 e. The molecule has 0 N–H and O–H groups in total. The Balaban J connectivity index is 2.26. The number of aryl methyl sites for hydroxylation is 1. The van der Waals surface area contributed by atoms with E-state index in [1.54, 1.807) is 12.5 Å². The summed E-state index contributed by atoms with van der Waals surface area (Å²) in [5, 5.41) is 0. The molecular weight excluding hydrogens is 193 g/mol. The Bertz CT molecular complexity index is 476. The third-order valence-corrected chi connectivity index (χ3v) is 2.46. The summed E-state index contributed by atoms with van der Waals surface area (Å²) >= 11 is 0. The summed E-state index contributed by atoms with van der Waals surface area (Å²) < 4.78 is 14.9. The molecule has 0 bridgehead atoms. The van der Waals surface area contributed by atoms with Gasteiger partial charge in [-0.05, 0) is 25.5 Å². The Hall–Kier alpha value is -1.71. The van der Waals surface area contributed by atoms with Crippen LogP contribution >= 0.6 is 0 Å². The molecule has 0 saturated carbocycles. The van der Waals surface area contributed by atoms with Crippen molar-refractivity contribution in [2.75, 3.05) is 0 Å². The van der Waals surface area contributed by atoms with Gasteiger partial charge in [-0.25, -0.2) is 9.37 Å². The van der Waals surface area contributed by atoms with Gasteiger partial charge in [0.25, 0.3) is 0 Å². The van der Waals surface area contributed by atoms with Gasteiger partial charge in [0, 0.05) is 11.9 Å². The zero-order chi connectivity index (χ0) is 10.8. The molecule has 0 saturated heterocycles. The lowest BCUT2D eigenvalue weighted by atomic mass is 10.2. The summed E-state index contributed by atoms with van der Waals surface area (Å²) in [6.45, 7) is 4.56. The van der Waals surface area contributed by atoms with E-state index in [0.717, 1.165) is 17.0 Å². The summed E-state index contributed by atoms with van der Waals surface area (Å²) in [6, 6.07) is 1.49. The number of nitrogens with zero attached hydrogens (tertiary/aromatic N) is 3. The van der Waals surface area contributed by atoms with Crippen molar-refractivity contribution in [1.29, 1.82) is 0 Å². The molecule has 0 atom stereocenters. The lowest BCUT2D eigenvalue weighted by molar-refractivity contribution is 0.615. The van der Waals surface area contributed by atoms with E-state index in [1.165, 1.54) is 12.3 Å². The predicted molar refractivity (Wildman–Crippen MR) is 55.0 cm³/mol. The van der Waals surface area contributed by atoms with E-state index in [1.807, 2.05) is 18.4 Å². The highest BCUT2D eigenvalue weighted by molar-refractivity contribution is 5.15. The average Bonchev–Trinajstić information content (AvgIpc) is 2.50. The molecule has 0 radical (unpaired) electrons. The molecule has 4 heteroatoms. The molecule has 0 spiro atoms. The lowest BCUT2D eigenvalue weighted by Crippen LogP contribution is -2.01.